The summed E-state index contributed by atoms with van der Waals surface area (Å²) < 4.78 is 15.8. The van der Waals surface area contributed by atoms with Gasteiger partial charge in [0.25, 0.3) is 5.91 Å². The Bertz CT molecular complexity index is 1510. The largest absolute Gasteiger partial charge is 0.474 e. The van der Waals surface area contributed by atoms with Crippen LogP contribution in [0.1, 0.15) is 49.7 Å². The maximum atomic E-state index is 13.2. The van der Waals surface area contributed by atoms with Crippen molar-refractivity contribution in [3.63, 3.8) is 0 Å². The molecule has 0 bridgehead atoms. The molecule has 1 fully saturated rings. The van der Waals surface area contributed by atoms with Crippen molar-refractivity contribution < 1.29 is 19.1 Å². The molecule has 1 aliphatic heterocycles. The van der Waals surface area contributed by atoms with Gasteiger partial charge >= 0.3 is 6.09 Å². The molecular formula is C28H31N7O4S. The summed E-state index contributed by atoms with van der Waals surface area (Å²) in [4.78, 5) is 40.5. The van der Waals surface area contributed by atoms with Crippen molar-refractivity contribution in [3.05, 3.63) is 60.0 Å². The lowest BCUT2D eigenvalue weighted by Gasteiger charge is -2.33. The van der Waals surface area contributed by atoms with Crippen LogP contribution in [0.3, 0.4) is 0 Å². The molecule has 0 atom stereocenters. The molecule has 0 saturated carbocycles. The van der Waals surface area contributed by atoms with E-state index in [1.165, 1.54) is 11.5 Å². The standard InChI is InChI=1S/C28H31N7O4S/c1-17-24(26(40-34-17)33-22-16-29-20-7-5-6-8-21(20)32-22)25(36)31-18-9-10-23(30-15-18)38-19-11-13-35(14-12-19)27(37)39-28(2,3)4/h5-10,15-16,19H,11-14H2,1-4H3,(H,31,36)(H,32,33). The number of likely N-dealkylation sites (tertiary alicyclic amines) is 1. The first-order valence-electron chi connectivity index (χ1n) is 13.0. The van der Waals surface area contributed by atoms with E-state index in [1.807, 2.05) is 45.0 Å². The highest BCUT2D eigenvalue weighted by Gasteiger charge is 2.28. The lowest BCUT2D eigenvalue weighted by Crippen LogP contribution is -2.44. The molecule has 1 aromatic carbocycles. The van der Waals surface area contributed by atoms with Gasteiger partial charge in [0.1, 0.15) is 22.5 Å². The minimum atomic E-state index is -0.520. The second-order valence-corrected chi connectivity index (χ2v) is 11.2. The number of fused-ring (bicyclic) bond motifs is 1. The summed E-state index contributed by atoms with van der Waals surface area (Å²) in [6.07, 6.45) is 4.19. The van der Waals surface area contributed by atoms with Gasteiger partial charge in [0, 0.05) is 32.0 Å². The molecule has 2 amide bonds. The van der Waals surface area contributed by atoms with Gasteiger partial charge in [0.2, 0.25) is 5.88 Å². The average Bonchev–Trinajstić information content (AvgIpc) is 3.28. The van der Waals surface area contributed by atoms with E-state index in [1.54, 1.807) is 36.4 Å². The summed E-state index contributed by atoms with van der Waals surface area (Å²) in [6.45, 7) is 8.47. The normalized spacial score (nSPS) is 14.2. The summed E-state index contributed by atoms with van der Waals surface area (Å²) in [6, 6.07) is 11.0. The molecule has 40 heavy (non-hydrogen) atoms. The topological polar surface area (TPSA) is 131 Å². The van der Waals surface area contributed by atoms with E-state index in [0.29, 0.717) is 59.6 Å². The number of pyridine rings is 1. The summed E-state index contributed by atoms with van der Waals surface area (Å²) >= 11 is 1.18. The van der Waals surface area contributed by atoms with Gasteiger partial charge in [-0.2, -0.15) is 4.37 Å². The number of benzene rings is 1. The molecule has 11 nitrogen and oxygen atoms in total. The Labute approximate surface area is 236 Å². The zero-order valence-corrected chi connectivity index (χ0v) is 23.6. The monoisotopic (exact) mass is 561 g/mol. The summed E-state index contributed by atoms with van der Waals surface area (Å²) in [5.41, 5.74) is 2.58. The predicted molar refractivity (Wildman–Crippen MR) is 153 cm³/mol. The molecular weight excluding hydrogens is 530 g/mol. The van der Waals surface area contributed by atoms with Crippen LogP contribution in [0.15, 0.2) is 48.8 Å². The predicted octanol–water partition coefficient (Wildman–Crippen LogP) is 5.56. The van der Waals surface area contributed by atoms with Crippen LogP contribution in [-0.2, 0) is 4.74 Å². The van der Waals surface area contributed by atoms with E-state index in [4.69, 9.17) is 9.47 Å². The van der Waals surface area contributed by atoms with Crippen molar-refractivity contribution in [2.45, 2.75) is 52.2 Å². The van der Waals surface area contributed by atoms with Gasteiger partial charge in [-0.15, -0.1) is 0 Å². The Balaban J connectivity index is 1.17. The van der Waals surface area contributed by atoms with Crippen LogP contribution in [0.25, 0.3) is 11.0 Å². The Morgan fingerprint density at radius 3 is 2.48 bits per heavy atom. The highest BCUT2D eigenvalue weighted by Crippen LogP contribution is 2.29. The average molecular weight is 562 g/mol. The quantitative estimate of drug-likeness (QED) is 0.310. The Kier molecular flexibility index (Phi) is 7.78. The fourth-order valence-corrected chi connectivity index (χ4v) is 5.03. The van der Waals surface area contributed by atoms with Crippen molar-refractivity contribution in [1.82, 2.24) is 24.2 Å². The maximum absolute atomic E-state index is 13.2. The van der Waals surface area contributed by atoms with Gasteiger partial charge in [-0.3, -0.25) is 9.78 Å². The van der Waals surface area contributed by atoms with Crippen LogP contribution < -0.4 is 15.4 Å². The molecule has 4 aromatic rings. The molecule has 4 heterocycles. The first-order valence-corrected chi connectivity index (χ1v) is 13.8. The highest BCUT2D eigenvalue weighted by atomic mass is 32.1. The lowest BCUT2D eigenvalue weighted by molar-refractivity contribution is 0.0123. The number of aromatic nitrogens is 4. The third-order valence-corrected chi connectivity index (χ3v) is 7.01. The van der Waals surface area contributed by atoms with Gasteiger partial charge in [-0.05, 0) is 57.4 Å². The second kappa shape index (κ2) is 11.4. The van der Waals surface area contributed by atoms with Gasteiger partial charge in [0.05, 0.1) is 40.4 Å². The molecule has 208 valence electrons. The third-order valence-electron chi connectivity index (χ3n) is 6.16. The number of nitrogens with zero attached hydrogens (tertiary/aromatic N) is 5. The summed E-state index contributed by atoms with van der Waals surface area (Å²) in [7, 11) is 0. The van der Waals surface area contributed by atoms with E-state index < -0.39 is 5.60 Å². The van der Waals surface area contributed by atoms with Gasteiger partial charge in [-0.1, -0.05) is 12.1 Å². The minimum Gasteiger partial charge on any atom is -0.474 e. The van der Waals surface area contributed by atoms with E-state index in [9.17, 15) is 9.59 Å². The number of rotatable bonds is 6. The van der Waals surface area contributed by atoms with Crippen molar-refractivity contribution in [3.8, 4) is 5.88 Å². The molecule has 1 aliphatic rings. The first-order chi connectivity index (χ1) is 19.1. The van der Waals surface area contributed by atoms with Crippen LogP contribution in [0.4, 0.5) is 21.3 Å². The smallest absolute Gasteiger partial charge is 0.410 e. The molecule has 0 unspecified atom stereocenters. The molecule has 12 heteroatoms. The Hall–Kier alpha value is -4.32. The van der Waals surface area contributed by atoms with Crippen LogP contribution in [0.5, 0.6) is 5.88 Å². The third kappa shape index (κ3) is 6.63. The van der Waals surface area contributed by atoms with E-state index in [0.717, 1.165) is 11.0 Å². The first kappa shape index (κ1) is 27.3. The van der Waals surface area contributed by atoms with Crippen molar-refractivity contribution in [2.75, 3.05) is 23.7 Å². The van der Waals surface area contributed by atoms with E-state index >= 15 is 0 Å². The second-order valence-electron chi connectivity index (χ2n) is 10.5. The van der Waals surface area contributed by atoms with Crippen LogP contribution >= 0.6 is 11.5 Å². The fraction of sp³-hybridized carbons (Fsp3) is 0.357. The van der Waals surface area contributed by atoms with Crippen LogP contribution in [-0.4, -0.2) is 61.0 Å². The summed E-state index contributed by atoms with van der Waals surface area (Å²) in [5, 5.41) is 6.64. The number of anilines is 3. The van der Waals surface area contributed by atoms with Gasteiger partial charge < -0.3 is 25.0 Å². The van der Waals surface area contributed by atoms with Crippen molar-refractivity contribution in [1.29, 1.82) is 0 Å². The highest BCUT2D eigenvalue weighted by molar-refractivity contribution is 7.10. The molecule has 3 aromatic heterocycles. The van der Waals surface area contributed by atoms with Gasteiger partial charge in [0.15, 0.2) is 0 Å². The number of hydrogen-bond acceptors (Lipinski definition) is 10. The molecule has 5 rings (SSSR count). The number of carbonyl (C=O) groups excluding carboxylic acids is 2. The van der Waals surface area contributed by atoms with E-state index in [2.05, 4.69) is 30.0 Å². The van der Waals surface area contributed by atoms with Gasteiger partial charge in [-0.25, -0.2) is 14.8 Å². The fourth-order valence-electron chi connectivity index (χ4n) is 4.23. The number of ether oxygens (including phenoxy) is 2. The number of carbonyl (C=O) groups is 2. The molecule has 0 aliphatic carbocycles. The van der Waals surface area contributed by atoms with Crippen LogP contribution in [0, 0.1) is 6.92 Å². The Morgan fingerprint density at radius 2 is 1.77 bits per heavy atom. The number of amides is 2. The van der Waals surface area contributed by atoms with Crippen molar-refractivity contribution in [2.24, 2.45) is 0 Å². The molecule has 1 saturated heterocycles. The zero-order valence-electron chi connectivity index (χ0n) is 22.8. The maximum Gasteiger partial charge on any atom is 0.410 e. The Morgan fingerprint density at radius 1 is 1.02 bits per heavy atom. The minimum absolute atomic E-state index is 0.0574. The number of para-hydroxylation sites is 2. The van der Waals surface area contributed by atoms with Crippen molar-refractivity contribution >= 4 is 51.1 Å². The molecule has 0 radical (unpaired) electrons. The number of hydrogen-bond donors (Lipinski definition) is 2. The number of aryl methyl sites for hydroxylation is 1. The summed E-state index contributed by atoms with van der Waals surface area (Å²) in [5.74, 6) is 0.670. The SMILES string of the molecule is Cc1nsc(Nc2cnc3ccccc3n2)c1C(=O)Nc1ccc(OC2CCN(C(=O)OC(C)(C)C)CC2)nc1. The van der Waals surface area contributed by atoms with Crippen LogP contribution in [0.2, 0.25) is 0 Å². The zero-order chi connectivity index (χ0) is 28.3. The molecule has 2 N–H and O–H groups in total. The molecule has 0 spiro atoms. The lowest BCUT2D eigenvalue weighted by atomic mass is 10.1. The van der Waals surface area contributed by atoms with E-state index in [-0.39, 0.29) is 18.1 Å². The number of nitrogens with one attached hydrogen (secondary N) is 2. The number of piperidine rings is 1.